The maximum Gasteiger partial charge on any atom is 0.416 e. The number of nitrogens with one attached hydrogen (secondary N) is 2. The fourth-order valence-corrected chi connectivity index (χ4v) is 3.56. The van der Waals surface area contributed by atoms with Crippen molar-refractivity contribution in [3.63, 3.8) is 0 Å². The van der Waals surface area contributed by atoms with E-state index in [1.54, 1.807) is 24.3 Å². The third-order valence-corrected chi connectivity index (χ3v) is 5.47. The summed E-state index contributed by atoms with van der Waals surface area (Å²) >= 11 is 3.32. The second-order valence-corrected chi connectivity index (χ2v) is 8.24. The van der Waals surface area contributed by atoms with Gasteiger partial charge < -0.3 is 15.4 Å². The number of hydrogen-bond donors (Lipinski definition) is 2. The number of carbonyl (C=O) groups excluding carboxylic acids is 1. The highest BCUT2D eigenvalue weighted by Crippen LogP contribution is 2.37. The molecule has 0 unspecified atom stereocenters. The van der Waals surface area contributed by atoms with Crippen molar-refractivity contribution < 1.29 is 22.7 Å². The van der Waals surface area contributed by atoms with E-state index in [4.69, 9.17) is 4.74 Å². The van der Waals surface area contributed by atoms with Crippen LogP contribution >= 0.6 is 15.9 Å². The Kier molecular flexibility index (Phi) is 8.01. The number of ether oxygens (including phenoxy) is 1. The number of alkyl halides is 3. The number of rotatable bonds is 8. The van der Waals surface area contributed by atoms with E-state index in [0.29, 0.717) is 12.3 Å². The molecule has 166 valence electrons. The fraction of sp³-hybridized carbons (Fsp3) is 0.348. The molecule has 3 rings (SSSR count). The largest absolute Gasteiger partial charge is 0.455 e. The number of hydrogen-bond acceptors (Lipinski definition) is 3. The van der Waals surface area contributed by atoms with E-state index in [1.165, 1.54) is 24.5 Å². The fourth-order valence-electron chi connectivity index (χ4n) is 3.30. The van der Waals surface area contributed by atoms with Gasteiger partial charge in [0.25, 0.3) is 0 Å². The average Bonchev–Trinajstić information content (AvgIpc) is 2.74. The molecule has 1 amide bonds. The van der Waals surface area contributed by atoms with Crippen LogP contribution in [0.25, 0.3) is 0 Å². The summed E-state index contributed by atoms with van der Waals surface area (Å²) in [6.07, 6.45) is 3.06. The predicted molar refractivity (Wildman–Crippen MR) is 118 cm³/mol. The van der Waals surface area contributed by atoms with Crippen molar-refractivity contribution in [2.24, 2.45) is 0 Å². The lowest BCUT2D eigenvalue weighted by Crippen LogP contribution is -2.31. The number of anilines is 1. The predicted octanol–water partition coefficient (Wildman–Crippen LogP) is 6.68. The van der Waals surface area contributed by atoms with Crippen molar-refractivity contribution in [2.75, 3.05) is 18.4 Å². The first-order valence-corrected chi connectivity index (χ1v) is 10.9. The molecule has 0 spiro atoms. The number of allylic oxidation sites excluding steroid dienone is 1. The van der Waals surface area contributed by atoms with Gasteiger partial charge in [-0.25, -0.2) is 0 Å². The molecule has 1 aliphatic rings. The average molecular weight is 497 g/mol. The van der Waals surface area contributed by atoms with Gasteiger partial charge in [0.2, 0.25) is 5.91 Å². The van der Waals surface area contributed by atoms with E-state index < -0.39 is 11.7 Å². The Morgan fingerprint density at radius 2 is 1.87 bits per heavy atom. The Morgan fingerprint density at radius 3 is 2.55 bits per heavy atom. The molecule has 0 aromatic heterocycles. The SMILES string of the molecule is O=C(CNc1cc(C(F)(F)F)ccc1Oc1ccc(Br)cc1)NCCC1=CCCCC1. The Labute approximate surface area is 188 Å². The van der Waals surface area contributed by atoms with Gasteiger partial charge in [-0.15, -0.1) is 0 Å². The minimum Gasteiger partial charge on any atom is -0.455 e. The molecule has 0 radical (unpaired) electrons. The van der Waals surface area contributed by atoms with Crippen LogP contribution in [-0.2, 0) is 11.0 Å². The Hall–Kier alpha value is -2.48. The van der Waals surface area contributed by atoms with Crippen LogP contribution in [0.5, 0.6) is 11.5 Å². The Balaban J connectivity index is 1.63. The van der Waals surface area contributed by atoms with E-state index >= 15 is 0 Å². The number of amides is 1. The summed E-state index contributed by atoms with van der Waals surface area (Å²) < 4.78 is 46.1. The van der Waals surface area contributed by atoms with Gasteiger partial charge in [0.15, 0.2) is 5.75 Å². The van der Waals surface area contributed by atoms with Crippen LogP contribution in [0.3, 0.4) is 0 Å². The first-order chi connectivity index (χ1) is 14.8. The molecule has 2 aromatic rings. The maximum absolute atomic E-state index is 13.2. The number of benzene rings is 2. The molecule has 1 aliphatic carbocycles. The van der Waals surface area contributed by atoms with Crippen LogP contribution < -0.4 is 15.4 Å². The minimum absolute atomic E-state index is 0.0999. The summed E-state index contributed by atoms with van der Waals surface area (Å²) in [7, 11) is 0. The molecule has 0 fully saturated rings. The van der Waals surface area contributed by atoms with Gasteiger partial charge in [0.1, 0.15) is 5.75 Å². The van der Waals surface area contributed by atoms with Gasteiger partial charge in [-0.05, 0) is 74.6 Å². The molecule has 2 aromatic carbocycles. The molecule has 8 heteroatoms. The minimum atomic E-state index is -4.50. The third kappa shape index (κ3) is 7.31. The van der Waals surface area contributed by atoms with E-state index in [0.717, 1.165) is 35.9 Å². The van der Waals surface area contributed by atoms with Crippen molar-refractivity contribution in [1.29, 1.82) is 0 Å². The second-order valence-electron chi connectivity index (χ2n) is 7.33. The van der Waals surface area contributed by atoms with Crippen molar-refractivity contribution in [3.8, 4) is 11.5 Å². The molecule has 4 nitrogen and oxygen atoms in total. The van der Waals surface area contributed by atoms with E-state index in [9.17, 15) is 18.0 Å². The third-order valence-electron chi connectivity index (χ3n) is 4.94. The number of halogens is 4. The van der Waals surface area contributed by atoms with E-state index in [-0.39, 0.29) is 23.9 Å². The van der Waals surface area contributed by atoms with Crippen molar-refractivity contribution in [2.45, 2.75) is 38.3 Å². The van der Waals surface area contributed by atoms with E-state index in [1.807, 2.05) is 0 Å². The first kappa shape index (κ1) is 23.2. The molecular weight excluding hydrogens is 473 g/mol. The molecule has 0 bridgehead atoms. The topological polar surface area (TPSA) is 50.4 Å². The summed E-state index contributed by atoms with van der Waals surface area (Å²) in [6, 6.07) is 10.1. The molecule has 0 saturated heterocycles. The quantitative estimate of drug-likeness (QED) is 0.400. The highest BCUT2D eigenvalue weighted by atomic mass is 79.9. The van der Waals surface area contributed by atoms with Crippen LogP contribution in [-0.4, -0.2) is 19.0 Å². The van der Waals surface area contributed by atoms with Gasteiger partial charge in [-0.1, -0.05) is 27.6 Å². The highest BCUT2D eigenvalue weighted by Gasteiger charge is 2.31. The van der Waals surface area contributed by atoms with Crippen LogP contribution in [0.15, 0.2) is 58.6 Å². The maximum atomic E-state index is 13.2. The van der Waals surface area contributed by atoms with Crippen molar-refractivity contribution in [1.82, 2.24) is 5.32 Å². The Morgan fingerprint density at radius 1 is 1.10 bits per heavy atom. The molecule has 31 heavy (non-hydrogen) atoms. The van der Waals surface area contributed by atoms with Gasteiger partial charge in [-0.2, -0.15) is 13.2 Å². The van der Waals surface area contributed by atoms with Crippen LogP contribution in [0.4, 0.5) is 18.9 Å². The summed E-state index contributed by atoms with van der Waals surface area (Å²) in [5, 5.41) is 5.59. The van der Waals surface area contributed by atoms with Crippen LogP contribution in [0, 0.1) is 0 Å². The summed E-state index contributed by atoms with van der Waals surface area (Å²) in [5.41, 5.74) is 0.633. The highest BCUT2D eigenvalue weighted by molar-refractivity contribution is 9.10. The number of carbonyl (C=O) groups is 1. The lowest BCUT2D eigenvalue weighted by Gasteiger charge is -2.16. The van der Waals surface area contributed by atoms with Crippen LogP contribution in [0.1, 0.15) is 37.7 Å². The molecule has 0 atom stereocenters. The first-order valence-electron chi connectivity index (χ1n) is 10.1. The Bertz CT molecular complexity index is 927. The lowest BCUT2D eigenvalue weighted by molar-refractivity contribution is -0.137. The molecular formula is C23H24BrF3N2O2. The normalized spacial score (nSPS) is 14.0. The summed E-state index contributed by atoms with van der Waals surface area (Å²) in [4.78, 5) is 12.2. The van der Waals surface area contributed by atoms with Crippen molar-refractivity contribution >= 4 is 27.5 Å². The molecule has 0 saturated carbocycles. The van der Waals surface area contributed by atoms with Gasteiger partial charge in [-0.3, -0.25) is 4.79 Å². The second kappa shape index (κ2) is 10.7. The molecule has 0 heterocycles. The molecule has 0 aliphatic heterocycles. The van der Waals surface area contributed by atoms with Gasteiger partial charge in [0, 0.05) is 11.0 Å². The zero-order valence-corrected chi connectivity index (χ0v) is 18.5. The zero-order valence-electron chi connectivity index (χ0n) is 16.9. The molecule has 2 N–H and O–H groups in total. The van der Waals surface area contributed by atoms with Gasteiger partial charge >= 0.3 is 6.18 Å². The monoisotopic (exact) mass is 496 g/mol. The summed E-state index contributed by atoms with van der Waals surface area (Å²) in [5.74, 6) is 0.384. The standard InChI is InChI=1S/C23H24BrF3N2O2/c24-18-7-9-19(10-8-18)31-21-11-6-17(23(25,26)27)14-20(21)29-15-22(30)28-13-12-16-4-2-1-3-5-16/h4,6-11,14,29H,1-3,5,12-13,15H2,(H,28,30). The smallest absolute Gasteiger partial charge is 0.416 e. The van der Waals surface area contributed by atoms with E-state index in [2.05, 4.69) is 32.6 Å². The summed E-state index contributed by atoms with van der Waals surface area (Å²) in [6.45, 7) is 0.355. The van der Waals surface area contributed by atoms with Crippen LogP contribution in [0.2, 0.25) is 0 Å². The zero-order chi connectivity index (χ0) is 22.3. The van der Waals surface area contributed by atoms with Gasteiger partial charge in [0.05, 0.1) is 17.8 Å². The van der Waals surface area contributed by atoms with Crippen molar-refractivity contribution in [3.05, 3.63) is 64.1 Å². The lowest BCUT2D eigenvalue weighted by atomic mass is 9.97.